The number of hydrogen-bond acceptors (Lipinski definition) is 3. The molecule has 0 aromatic heterocycles. The van der Waals surface area contributed by atoms with Crippen molar-refractivity contribution < 1.29 is 18.6 Å². The molecule has 0 saturated carbocycles. The molecule has 1 unspecified atom stereocenters. The first-order valence-corrected chi connectivity index (χ1v) is 6.59. The highest BCUT2D eigenvalue weighted by Gasteiger charge is 2.08. The van der Waals surface area contributed by atoms with E-state index in [9.17, 15) is 8.78 Å². The van der Waals surface area contributed by atoms with Gasteiger partial charge in [0.05, 0.1) is 6.61 Å². The number of anilines is 1. The minimum atomic E-state index is -2.81. The van der Waals surface area contributed by atoms with Crippen LogP contribution in [-0.4, -0.2) is 11.7 Å². The highest BCUT2D eigenvalue weighted by Crippen LogP contribution is 2.22. The summed E-state index contributed by atoms with van der Waals surface area (Å²) in [7, 11) is 0. The van der Waals surface area contributed by atoms with Crippen molar-refractivity contribution in [1.82, 2.24) is 0 Å². The van der Waals surface area contributed by atoms with Crippen molar-refractivity contribution in [3.63, 3.8) is 0 Å². The molecule has 0 fully saturated rings. The van der Waals surface area contributed by atoms with Gasteiger partial charge < -0.3 is 15.2 Å². The van der Waals surface area contributed by atoms with Gasteiger partial charge in [-0.2, -0.15) is 8.78 Å². The Kier molecular flexibility index (Phi) is 5.11. The number of aliphatic hydroxyl groups excluding tert-OH is 1. The van der Waals surface area contributed by atoms with Crippen LogP contribution >= 0.6 is 0 Å². The van der Waals surface area contributed by atoms with Gasteiger partial charge >= 0.3 is 6.61 Å². The molecular weight excluding hydrogens is 276 g/mol. The molecule has 2 N–H and O–H groups in total. The van der Waals surface area contributed by atoms with Crippen molar-refractivity contribution in [2.45, 2.75) is 26.2 Å². The van der Waals surface area contributed by atoms with Crippen LogP contribution in [0.3, 0.4) is 0 Å². The van der Waals surface area contributed by atoms with Gasteiger partial charge in [-0.15, -0.1) is 0 Å². The lowest BCUT2D eigenvalue weighted by atomic mass is 10.1. The normalized spacial score (nSPS) is 12.2. The fourth-order valence-corrected chi connectivity index (χ4v) is 1.98. The summed E-state index contributed by atoms with van der Waals surface area (Å²) in [6, 6.07) is 14.0. The van der Waals surface area contributed by atoms with Crippen LogP contribution in [0, 0.1) is 0 Å². The quantitative estimate of drug-likeness (QED) is 0.847. The largest absolute Gasteiger partial charge is 0.435 e. The topological polar surface area (TPSA) is 41.5 Å². The van der Waals surface area contributed by atoms with Crippen LogP contribution in [-0.2, 0) is 6.61 Å². The van der Waals surface area contributed by atoms with E-state index in [4.69, 9.17) is 5.11 Å². The Balaban J connectivity index is 2.00. The van der Waals surface area contributed by atoms with E-state index in [0.717, 1.165) is 16.8 Å². The second kappa shape index (κ2) is 7.04. The predicted molar refractivity (Wildman–Crippen MR) is 77.5 cm³/mol. The van der Waals surface area contributed by atoms with Crippen LogP contribution in [0.4, 0.5) is 14.5 Å². The molecule has 0 saturated heterocycles. The lowest BCUT2D eigenvalue weighted by molar-refractivity contribution is -0.0498. The number of alkyl halides is 2. The molecular formula is C16H17F2NO2. The Hall–Kier alpha value is -2.14. The summed E-state index contributed by atoms with van der Waals surface area (Å²) in [6.07, 6.45) is 0. The summed E-state index contributed by atoms with van der Waals surface area (Å²) in [5.74, 6) is 0.147. The number of benzene rings is 2. The van der Waals surface area contributed by atoms with E-state index in [1.165, 1.54) is 12.1 Å². The minimum Gasteiger partial charge on any atom is -0.435 e. The third kappa shape index (κ3) is 4.43. The van der Waals surface area contributed by atoms with Gasteiger partial charge in [0.15, 0.2) is 0 Å². The van der Waals surface area contributed by atoms with Crippen LogP contribution in [0.1, 0.15) is 24.1 Å². The van der Waals surface area contributed by atoms with Crippen molar-refractivity contribution >= 4 is 5.69 Å². The van der Waals surface area contributed by atoms with Gasteiger partial charge in [0.25, 0.3) is 0 Å². The molecule has 5 heteroatoms. The molecule has 3 nitrogen and oxygen atoms in total. The van der Waals surface area contributed by atoms with E-state index in [0.29, 0.717) is 0 Å². The number of ether oxygens (including phenoxy) is 1. The number of hydrogen-bond donors (Lipinski definition) is 2. The fraction of sp³-hybridized carbons (Fsp3) is 0.250. The van der Waals surface area contributed by atoms with Gasteiger partial charge in [-0.3, -0.25) is 0 Å². The molecule has 1 atom stereocenters. The van der Waals surface area contributed by atoms with Gasteiger partial charge in [0.2, 0.25) is 0 Å². The molecule has 0 aliphatic carbocycles. The number of halogens is 2. The average Bonchev–Trinajstić information content (AvgIpc) is 2.48. The highest BCUT2D eigenvalue weighted by molar-refractivity contribution is 5.47. The van der Waals surface area contributed by atoms with Crippen molar-refractivity contribution in [2.75, 3.05) is 5.32 Å². The number of aliphatic hydroxyl groups is 1. The van der Waals surface area contributed by atoms with E-state index < -0.39 is 6.61 Å². The Morgan fingerprint density at radius 2 is 1.67 bits per heavy atom. The smallest absolute Gasteiger partial charge is 0.387 e. The van der Waals surface area contributed by atoms with E-state index in [-0.39, 0.29) is 18.4 Å². The standard InChI is InChI=1S/C16H17F2NO2/c1-11(19-14-6-2-12(10-20)3-7-14)13-4-8-15(9-5-13)21-16(17)18/h2-9,11,16,19-20H,10H2,1H3. The molecule has 0 aliphatic rings. The van der Waals surface area contributed by atoms with Crippen LogP contribution in [0.25, 0.3) is 0 Å². The van der Waals surface area contributed by atoms with Gasteiger partial charge in [0, 0.05) is 11.7 Å². The predicted octanol–water partition coefficient (Wildman–Crippen LogP) is 3.95. The van der Waals surface area contributed by atoms with E-state index >= 15 is 0 Å². The van der Waals surface area contributed by atoms with Crippen molar-refractivity contribution in [2.24, 2.45) is 0 Å². The van der Waals surface area contributed by atoms with E-state index in [1.54, 1.807) is 12.1 Å². The minimum absolute atomic E-state index is 0.0153. The zero-order chi connectivity index (χ0) is 15.2. The molecule has 0 amide bonds. The summed E-state index contributed by atoms with van der Waals surface area (Å²) in [4.78, 5) is 0. The monoisotopic (exact) mass is 293 g/mol. The van der Waals surface area contributed by atoms with Crippen LogP contribution in [0.2, 0.25) is 0 Å². The maximum absolute atomic E-state index is 12.1. The molecule has 2 aromatic carbocycles. The summed E-state index contributed by atoms with van der Waals surface area (Å²) in [5, 5.41) is 12.3. The van der Waals surface area contributed by atoms with E-state index in [2.05, 4.69) is 10.1 Å². The van der Waals surface area contributed by atoms with Crippen molar-refractivity contribution in [3.05, 3.63) is 59.7 Å². The average molecular weight is 293 g/mol. The highest BCUT2D eigenvalue weighted by atomic mass is 19.3. The second-order valence-corrected chi connectivity index (χ2v) is 4.67. The van der Waals surface area contributed by atoms with Gasteiger partial charge in [-0.05, 0) is 42.3 Å². The number of rotatable bonds is 6. The molecule has 0 heterocycles. The summed E-state index contributed by atoms with van der Waals surface area (Å²) >= 11 is 0. The molecule has 0 radical (unpaired) electrons. The Morgan fingerprint density at radius 3 is 2.19 bits per heavy atom. The lowest BCUT2D eigenvalue weighted by Crippen LogP contribution is -2.07. The van der Waals surface area contributed by atoms with Gasteiger partial charge in [-0.1, -0.05) is 24.3 Å². The molecule has 0 spiro atoms. The summed E-state index contributed by atoms with van der Waals surface area (Å²) < 4.78 is 28.5. The van der Waals surface area contributed by atoms with Gasteiger partial charge in [-0.25, -0.2) is 0 Å². The Labute approximate surface area is 122 Å². The Morgan fingerprint density at radius 1 is 1.05 bits per heavy atom. The maximum atomic E-state index is 12.1. The molecule has 0 aliphatic heterocycles. The maximum Gasteiger partial charge on any atom is 0.387 e. The Bertz CT molecular complexity index is 555. The van der Waals surface area contributed by atoms with Crippen LogP contribution < -0.4 is 10.1 Å². The summed E-state index contributed by atoms with van der Waals surface area (Å²) in [5.41, 5.74) is 2.73. The van der Waals surface area contributed by atoms with E-state index in [1.807, 2.05) is 31.2 Å². The fourth-order valence-electron chi connectivity index (χ4n) is 1.98. The molecule has 112 valence electrons. The molecule has 2 rings (SSSR count). The van der Waals surface area contributed by atoms with Crippen molar-refractivity contribution in [3.8, 4) is 5.75 Å². The van der Waals surface area contributed by atoms with Crippen molar-refractivity contribution in [1.29, 1.82) is 0 Å². The molecule has 0 bridgehead atoms. The molecule has 2 aromatic rings. The van der Waals surface area contributed by atoms with Crippen LogP contribution in [0.5, 0.6) is 5.75 Å². The lowest BCUT2D eigenvalue weighted by Gasteiger charge is -2.16. The third-order valence-electron chi connectivity index (χ3n) is 3.12. The first-order valence-electron chi connectivity index (χ1n) is 6.59. The first kappa shape index (κ1) is 15.3. The molecule has 21 heavy (non-hydrogen) atoms. The third-order valence-corrected chi connectivity index (χ3v) is 3.12. The summed E-state index contributed by atoms with van der Waals surface area (Å²) in [6.45, 7) is -0.818. The zero-order valence-electron chi connectivity index (χ0n) is 11.6. The first-order chi connectivity index (χ1) is 10.1. The number of nitrogens with one attached hydrogen (secondary N) is 1. The van der Waals surface area contributed by atoms with Gasteiger partial charge in [0.1, 0.15) is 5.75 Å². The SMILES string of the molecule is CC(Nc1ccc(CO)cc1)c1ccc(OC(F)F)cc1. The zero-order valence-corrected chi connectivity index (χ0v) is 11.6. The van der Waals surface area contributed by atoms with Crippen LogP contribution in [0.15, 0.2) is 48.5 Å². The second-order valence-electron chi connectivity index (χ2n) is 4.67.